The van der Waals surface area contributed by atoms with Crippen molar-refractivity contribution in [2.75, 3.05) is 32.8 Å². The summed E-state index contributed by atoms with van der Waals surface area (Å²) < 4.78 is 5.80. The molecule has 1 amide bonds. The number of piperazine rings is 1. The Morgan fingerprint density at radius 2 is 1.65 bits per heavy atom. The molecular weight excluding hydrogens is 446 g/mol. The minimum Gasteiger partial charge on any atom is -0.448 e. The third-order valence-electron chi connectivity index (χ3n) is 6.50. The molecule has 0 N–H and O–H groups in total. The molecule has 0 radical (unpaired) electrons. The number of azide groups is 1. The number of carbonyl (C=O) groups is 1. The Labute approximate surface area is 204 Å². The molecule has 0 spiro atoms. The summed E-state index contributed by atoms with van der Waals surface area (Å²) in [6.07, 6.45) is -0.260. The highest BCUT2D eigenvalue weighted by atomic mass is 32.1. The highest BCUT2D eigenvalue weighted by Gasteiger charge is 2.30. The summed E-state index contributed by atoms with van der Waals surface area (Å²) in [5.41, 5.74) is 15.2. The number of nitrogens with zero attached hydrogens (tertiary/aromatic N) is 5. The highest BCUT2D eigenvalue weighted by molar-refractivity contribution is 7.80. The normalized spacial score (nSPS) is 15.4. The molecular formula is C26H25N5O2S. The van der Waals surface area contributed by atoms with E-state index in [0.717, 1.165) is 23.5 Å². The van der Waals surface area contributed by atoms with Crippen molar-refractivity contribution >= 4 is 24.4 Å². The van der Waals surface area contributed by atoms with Crippen molar-refractivity contribution in [2.24, 2.45) is 5.11 Å². The van der Waals surface area contributed by atoms with E-state index >= 15 is 0 Å². The molecule has 1 fully saturated rings. The summed E-state index contributed by atoms with van der Waals surface area (Å²) >= 11 is 4.40. The van der Waals surface area contributed by atoms with E-state index in [4.69, 9.17) is 10.3 Å². The summed E-state index contributed by atoms with van der Waals surface area (Å²) in [5.74, 6) is 0.0661. The second kappa shape index (κ2) is 9.81. The van der Waals surface area contributed by atoms with Crippen LogP contribution in [0.5, 0.6) is 0 Å². The molecule has 34 heavy (non-hydrogen) atoms. The van der Waals surface area contributed by atoms with Crippen molar-refractivity contribution in [3.05, 3.63) is 93.9 Å². The van der Waals surface area contributed by atoms with E-state index in [1.165, 1.54) is 22.3 Å². The van der Waals surface area contributed by atoms with Gasteiger partial charge in [0.2, 0.25) is 0 Å². The quantitative estimate of drug-likeness (QED) is 0.215. The first-order chi connectivity index (χ1) is 16.6. The van der Waals surface area contributed by atoms with Gasteiger partial charge in [-0.15, -0.1) is 12.6 Å². The summed E-state index contributed by atoms with van der Waals surface area (Å²) in [7, 11) is 0. The van der Waals surface area contributed by atoms with Gasteiger partial charge >= 0.3 is 6.09 Å². The SMILES string of the molecule is [N-]=[N+]=Nc1cc(S)cc(CN2CCN(C(=O)OCC3c4ccccc4-c4ccccc43)CC2)c1. The topological polar surface area (TPSA) is 81.5 Å². The van der Waals surface area contributed by atoms with Crippen LogP contribution in [0, 0.1) is 0 Å². The molecule has 0 saturated carbocycles. The Hall–Kier alpha value is -3.45. The molecule has 1 heterocycles. The Morgan fingerprint density at radius 1 is 1.00 bits per heavy atom. The van der Waals surface area contributed by atoms with Gasteiger partial charge in [0, 0.05) is 54.1 Å². The van der Waals surface area contributed by atoms with Crippen LogP contribution in [-0.4, -0.2) is 48.7 Å². The number of carbonyl (C=O) groups excluding carboxylic acids is 1. The molecule has 172 valence electrons. The summed E-state index contributed by atoms with van der Waals surface area (Å²) in [5, 5.41) is 3.68. The minimum atomic E-state index is -0.260. The van der Waals surface area contributed by atoms with E-state index in [1.807, 2.05) is 36.4 Å². The first kappa shape index (κ1) is 22.3. The number of hydrogen-bond acceptors (Lipinski definition) is 5. The van der Waals surface area contributed by atoms with Crippen LogP contribution in [-0.2, 0) is 11.3 Å². The van der Waals surface area contributed by atoms with E-state index in [0.29, 0.717) is 31.9 Å². The van der Waals surface area contributed by atoms with Gasteiger partial charge in [-0.25, -0.2) is 4.79 Å². The van der Waals surface area contributed by atoms with Gasteiger partial charge in [-0.05, 0) is 51.5 Å². The average Bonchev–Trinajstić information content (AvgIpc) is 3.17. The number of fused-ring (bicyclic) bond motifs is 3. The van der Waals surface area contributed by atoms with E-state index in [1.54, 1.807) is 11.0 Å². The molecule has 3 aromatic carbocycles. The van der Waals surface area contributed by atoms with E-state index in [9.17, 15) is 4.79 Å². The number of amides is 1. The molecule has 1 aliphatic heterocycles. The Bertz CT molecular complexity index is 1220. The zero-order valence-corrected chi connectivity index (χ0v) is 19.6. The average molecular weight is 472 g/mol. The van der Waals surface area contributed by atoms with Crippen LogP contribution in [0.2, 0.25) is 0 Å². The fourth-order valence-electron chi connectivity index (χ4n) is 4.89. The zero-order valence-electron chi connectivity index (χ0n) is 18.7. The van der Waals surface area contributed by atoms with E-state index < -0.39 is 0 Å². The fourth-order valence-corrected chi connectivity index (χ4v) is 5.19. The van der Waals surface area contributed by atoms with Gasteiger partial charge in [0.1, 0.15) is 6.61 Å². The lowest BCUT2D eigenvalue weighted by Gasteiger charge is -2.34. The third kappa shape index (κ3) is 4.61. The van der Waals surface area contributed by atoms with Gasteiger partial charge in [0.25, 0.3) is 0 Å². The number of rotatable bonds is 5. The number of hydrogen-bond donors (Lipinski definition) is 1. The lowest BCUT2D eigenvalue weighted by molar-refractivity contribution is 0.0728. The predicted molar refractivity (Wildman–Crippen MR) is 134 cm³/mol. The third-order valence-corrected chi connectivity index (χ3v) is 6.75. The highest BCUT2D eigenvalue weighted by Crippen LogP contribution is 2.44. The first-order valence-corrected chi connectivity index (χ1v) is 11.8. The molecule has 1 saturated heterocycles. The van der Waals surface area contributed by atoms with Crippen LogP contribution in [0.15, 0.2) is 76.7 Å². The molecule has 7 nitrogen and oxygen atoms in total. The van der Waals surface area contributed by atoms with Crippen molar-refractivity contribution in [1.82, 2.24) is 9.80 Å². The van der Waals surface area contributed by atoms with Crippen LogP contribution in [0.3, 0.4) is 0 Å². The summed E-state index contributed by atoms with van der Waals surface area (Å²) in [6.45, 7) is 3.77. The van der Waals surface area contributed by atoms with Crippen molar-refractivity contribution in [2.45, 2.75) is 17.4 Å². The predicted octanol–water partition coefficient (Wildman–Crippen LogP) is 5.98. The van der Waals surface area contributed by atoms with Gasteiger partial charge in [-0.3, -0.25) is 4.90 Å². The lowest BCUT2D eigenvalue weighted by Crippen LogP contribution is -2.48. The van der Waals surface area contributed by atoms with Crippen LogP contribution in [0.25, 0.3) is 21.6 Å². The minimum absolute atomic E-state index is 0.0661. The molecule has 5 rings (SSSR count). The Balaban J connectivity index is 1.17. The largest absolute Gasteiger partial charge is 0.448 e. The number of benzene rings is 3. The monoisotopic (exact) mass is 471 g/mol. The van der Waals surface area contributed by atoms with Crippen LogP contribution < -0.4 is 0 Å². The maximum atomic E-state index is 12.8. The number of ether oxygens (including phenoxy) is 1. The smallest absolute Gasteiger partial charge is 0.409 e. The molecule has 1 aliphatic carbocycles. The van der Waals surface area contributed by atoms with Crippen LogP contribution >= 0.6 is 12.6 Å². The molecule has 0 aromatic heterocycles. The fraction of sp³-hybridized carbons (Fsp3) is 0.269. The molecule has 2 aliphatic rings. The van der Waals surface area contributed by atoms with Crippen molar-refractivity contribution < 1.29 is 9.53 Å². The van der Waals surface area contributed by atoms with Gasteiger partial charge < -0.3 is 9.64 Å². The lowest BCUT2D eigenvalue weighted by atomic mass is 9.98. The standard InChI is InChI=1S/C26H25N5O2S/c27-29-28-19-13-18(14-20(34)15-19)16-30-9-11-31(12-10-30)26(32)33-17-25-23-7-3-1-5-21(23)22-6-2-4-8-24(22)25/h1-8,13-15,25,34H,9-12,16-17H2. The summed E-state index contributed by atoms with van der Waals surface area (Å²) in [4.78, 5) is 20.5. The van der Waals surface area contributed by atoms with E-state index in [2.05, 4.69) is 51.8 Å². The maximum absolute atomic E-state index is 12.8. The van der Waals surface area contributed by atoms with Gasteiger partial charge in [0.15, 0.2) is 0 Å². The zero-order chi connectivity index (χ0) is 23.5. The van der Waals surface area contributed by atoms with Gasteiger partial charge in [-0.1, -0.05) is 53.6 Å². The van der Waals surface area contributed by atoms with E-state index in [-0.39, 0.29) is 12.0 Å². The molecule has 0 bridgehead atoms. The number of thiol groups is 1. The van der Waals surface area contributed by atoms with Crippen molar-refractivity contribution in [3.63, 3.8) is 0 Å². The van der Waals surface area contributed by atoms with Crippen molar-refractivity contribution in [1.29, 1.82) is 0 Å². The summed E-state index contributed by atoms with van der Waals surface area (Å²) in [6, 6.07) is 22.3. The van der Waals surface area contributed by atoms with Crippen LogP contribution in [0.1, 0.15) is 22.6 Å². The second-order valence-electron chi connectivity index (χ2n) is 8.61. The van der Waals surface area contributed by atoms with Crippen molar-refractivity contribution in [3.8, 4) is 11.1 Å². The Kier molecular flexibility index (Phi) is 6.45. The van der Waals surface area contributed by atoms with Crippen LogP contribution in [0.4, 0.5) is 10.5 Å². The van der Waals surface area contributed by atoms with Gasteiger partial charge in [0.05, 0.1) is 0 Å². The van der Waals surface area contributed by atoms with Gasteiger partial charge in [-0.2, -0.15) is 0 Å². The first-order valence-electron chi connectivity index (χ1n) is 11.3. The Morgan fingerprint density at radius 3 is 2.29 bits per heavy atom. The molecule has 0 atom stereocenters. The molecule has 3 aromatic rings. The molecule has 8 heteroatoms. The molecule has 0 unspecified atom stereocenters. The maximum Gasteiger partial charge on any atom is 0.409 e. The second-order valence-corrected chi connectivity index (χ2v) is 9.13.